The number of rotatable bonds is 8. The van der Waals surface area contributed by atoms with E-state index in [2.05, 4.69) is 15.5 Å². The highest BCUT2D eigenvalue weighted by Gasteiger charge is 2.20. The molecule has 2 rings (SSSR count). The molecule has 7 nitrogen and oxygen atoms in total. The van der Waals surface area contributed by atoms with E-state index in [0.717, 1.165) is 17.8 Å². The molecule has 1 aromatic carbocycles. The van der Waals surface area contributed by atoms with Crippen molar-refractivity contribution in [2.75, 3.05) is 17.7 Å². The van der Waals surface area contributed by atoms with Crippen LogP contribution in [0.15, 0.2) is 28.6 Å². The van der Waals surface area contributed by atoms with Crippen LogP contribution in [-0.2, 0) is 9.84 Å². The molecule has 2 aromatic rings. The number of hydrogen-bond donors (Lipinski definition) is 1. The van der Waals surface area contributed by atoms with Gasteiger partial charge in [0.15, 0.2) is 0 Å². The van der Waals surface area contributed by atoms with Gasteiger partial charge in [0, 0.05) is 5.56 Å². The van der Waals surface area contributed by atoms with E-state index in [-0.39, 0.29) is 15.2 Å². The first-order valence-electron chi connectivity index (χ1n) is 7.56. The lowest BCUT2D eigenvalue weighted by Crippen LogP contribution is -2.11. The number of sulfone groups is 1. The summed E-state index contributed by atoms with van der Waals surface area (Å²) in [5, 5.41) is 10.1. The second-order valence-corrected chi connectivity index (χ2v) is 8.28. The minimum Gasteiger partial charge on any atom is -0.494 e. The Morgan fingerprint density at radius 1 is 1.25 bits per heavy atom. The predicted octanol–water partition coefficient (Wildman–Crippen LogP) is 2.76. The van der Waals surface area contributed by atoms with E-state index < -0.39 is 15.7 Å². The summed E-state index contributed by atoms with van der Waals surface area (Å²) in [7, 11) is -3.43. The molecule has 0 spiro atoms. The molecule has 0 atom stereocenters. The number of anilines is 1. The molecule has 0 saturated carbocycles. The van der Waals surface area contributed by atoms with E-state index in [1.807, 2.05) is 6.92 Å². The lowest BCUT2D eigenvalue weighted by molar-refractivity contribution is 0.102. The van der Waals surface area contributed by atoms with Crippen LogP contribution >= 0.6 is 11.3 Å². The van der Waals surface area contributed by atoms with Crippen molar-refractivity contribution >= 4 is 32.2 Å². The van der Waals surface area contributed by atoms with Crippen LogP contribution in [-0.4, -0.2) is 36.9 Å². The van der Waals surface area contributed by atoms with Gasteiger partial charge in [-0.25, -0.2) is 8.42 Å². The molecule has 1 N–H and O–H groups in total. The zero-order valence-corrected chi connectivity index (χ0v) is 15.1. The van der Waals surface area contributed by atoms with Gasteiger partial charge in [0.05, 0.1) is 12.4 Å². The standard InChI is InChI=1S/C15H19N3O4S2/c1-3-8-22-12-7-5-6-11(10-12)13(19)16-14-17-18-15(23-14)24(20,21)9-4-2/h5-7,10H,3-4,8-9H2,1-2H3,(H,16,17,19). The molecular formula is C15H19N3O4S2. The van der Waals surface area contributed by atoms with Crippen LogP contribution in [0.4, 0.5) is 5.13 Å². The molecule has 1 aromatic heterocycles. The molecular weight excluding hydrogens is 350 g/mol. The van der Waals surface area contributed by atoms with E-state index in [1.165, 1.54) is 0 Å². The van der Waals surface area contributed by atoms with Crippen molar-refractivity contribution in [1.29, 1.82) is 0 Å². The lowest BCUT2D eigenvalue weighted by Gasteiger charge is -2.06. The summed E-state index contributed by atoms with van der Waals surface area (Å²) in [6.45, 7) is 4.34. The van der Waals surface area contributed by atoms with Crippen LogP contribution in [0.5, 0.6) is 5.75 Å². The van der Waals surface area contributed by atoms with Gasteiger partial charge in [-0.2, -0.15) is 0 Å². The van der Waals surface area contributed by atoms with Crippen molar-refractivity contribution in [3.05, 3.63) is 29.8 Å². The molecule has 0 bridgehead atoms. The number of nitrogens with one attached hydrogen (secondary N) is 1. The maximum atomic E-state index is 12.2. The predicted molar refractivity (Wildman–Crippen MR) is 92.4 cm³/mol. The third kappa shape index (κ3) is 4.75. The highest BCUT2D eigenvalue weighted by molar-refractivity contribution is 7.93. The van der Waals surface area contributed by atoms with Crippen molar-refractivity contribution in [3.63, 3.8) is 0 Å². The molecule has 130 valence electrons. The number of hydrogen-bond acceptors (Lipinski definition) is 7. The van der Waals surface area contributed by atoms with E-state index in [9.17, 15) is 13.2 Å². The SMILES string of the molecule is CCCOc1cccc(C(=O)Nc2nnc(S(=O)(=O)CCC)s2)c1. The Morgan fingerprint density at radius 2 is 2.04 bits per heavy atom. The summed E-state index contributed by atoms with van der Waals surface area (Å²) in [5.41, 5.74) is 0.400. The van der Waals surface area contributed by atoms with Gasteiger partial charge in [0.2, 0.25) is 19.3 Å². The van der Waals surface area contributed by atoms with Gasteiger partial charge in [-0.1, -0.05) is 31.3 Å². The molecule has 0 aliphatic rings. The normalized spacial score (nSPS) is 11.2. The highest BCUT2D eigenvalue weighted by Crippen LogP contribution is 2.22. The number of ether oxygens (including phenoxy) is 1. The quantitative estimate of drug-likeness (QED) is 0.719. The van der Waals surface area contributed by atoms with Crippen molar-refractivity contribution in [2.45, 2.75) is 31.0 Å². The van der Waals surface area contributed by atoms with Crippen LogP contribution in [0.2, 0.25) is 0 Å². The highest BCUT2D eigenvalue weighted by atomic mass is 32.2. The summed E-state index contributed by atoms with van der Waals surface area (Å²) >= 11 is 0.847. The fourth-order valence-corrected chi connectivity index (χ4v) is 4.20. The zero-order valence-electron chi connectivity index (χ0n) is 13.5. The van der Waals surface area contributed by atoms with Gasteiger partial charge in [0.1, 0.15) is 5.75 Å². The van der Waals surface area contributed by atoms with Crippen molar-refractivity contribution in [3.8, 4) is 5.75 Å². The number of nitrogens with zero attached hydrogens (tertiary/aromatic N) is 2. The van der Waals surface area contributed by atoms with Crippen molar-refractivity contribution in [2.24, 2.45) is 0 Å². The molecule has 1 amide bonds. The average Bonchev–Trinajstić information content (AvgIpc) is 3.02. The molecule has 24 heavy (non-hydrogen) atoms. The first-order chi connectivity index (χ1) is 11.5. The average molecular weight is 369 g/mol. The summed E-state index contributed by atoms with van der Waals surface area (Å²) < 4.78 is 29.3. The number of benzene rings is 1. The molecule has 0 fully saturated rings. The van der Waals surface area contributed by atoms with Gasteiger partial charge >= 0.3 is 0 Å². The Hall–Kier alpha value is -2.00. The third-order valence-corrected chi connectivity index (χ3v) is 6.14. The first kappa shape index (κ1) is 18.3. The molecule has 0 unspecified atom stereocenters. The summed E-state index contributed by atoms with van der Waals surface area (Å²) in [5.74, 6) is 0.215. The molecule has 0 aliphatic carbocycles. The Labute approximate surface area is 145 Å². The Kier molecular flexibility index (Phi) is 6.27. The second kappa shape index (κ2) is 8.20. The number of carbonyl (C=O) groups excluding carboxylic acids is 1. The van der Waals surface area contributed by atoms with Crippen LogP contribution in [0, 0.1) is 0 Å². The van der Waals surface area contributed by atoms with Crippen molar-refractivity contribution < 1.29 is 17.9 Å². The minimum absolute atomic E-state index is 0.00634. The van der Waals surface area contributed by atoms with Gasteiger partial charge in [-0.3, -0.25) is 10.1 Å². The minimum atomic E-state index is -3.43. The molecule has 1 heterocycles. The lowest BCUT2D eigenvalue weighted by atomic mass is 10.2. The van der Waals surface area contributed by atoms with E-state index in [1.54, 1.807) is 31.2 Å². The summed E-state index contributed by atoms with van der Waals surface area (Å²) in [6, 6.07) is 6.76. The van der Waals surface area contributed by atoms with Gasteiger partial charge in [-0.05, 0) is 31.0 Å². The van der Waals surface area contributed by atoms with E-state index >= 15 is 0 Å². The van der Waals surface area contributed by atoms with Gasteiger partial charge < -0.3 is 4.74 Å². The number of amides is 1. The van der Waals surface area contributed by atoms with Crippen LogP contribution < -0.4 is 10.1 Å². The van der Waals surface area contributed by atoms with E-state index in [0.29, 0.717) is 24.3 Å². The smallest absolute Gasteiger partial charge is 0.257 e. The van der Waals surface area contributed by atoms with Gasteiger partial charge in [0.25, 0.3) is 5.91 Å². The largest absolute Gasteiger partial charge is 0.494 e. The number of aromatic nitrogens is 2. The van der Waals surface area contributed by atoms with Crippen LogP contribution in [0.3, 0.4) is 0 Å². The molecule has 9 heteroatoms. The van der Waals surface area contributed by atoms with Gasteiger partial charge in [-0.15, -0.1) is 10.2 Å². The summed E-state index contributed by atoms with van der Waals surface area (Å²) in [6.07, 6.45) is 1.37. The monoisotopic (exact) mass is 369 g/mol. The van der Waals surface area contributed by atoms with Crippen molar-refractivity contribution in [1.82, 2.24) is 10.2 Å². The Bertz CT molecular complexity index is 803. The maximum Gasteiger partial charge on any atom is 0.257 e. The molecule has 0 radical (unpaired) electrons. The Balaban J connectivity index is 2.09. The third-order valence-electron chi connectivity index (χ3n) is 2.93. The Morgan fingerprint density at radius 3 is 2.75 bits per heavy atom. The number of carbonyl (C=O) groups is 1. The van der Waals surface area contributed by atoms with Crippen LogP contribution in [0.1, 0.15) is 37.0 Å². The molecule has 0 aliphatic heterocycles. The van der Waals surface area contributed by atoms with E-state index in [4.69, 9.17) is 4.74 Å². The topological polar surface area (TPSA) is 98.2 Å². The van der Waals surface area contributed by atoms with Crippen LogP contribution in [0.25, 0.3) is 0 Å². The molecule has 0 saturated heterocycles. The first-order valence-corrected chi connectivity index (χ1v) is 10.0. The summed E-state index contributed by atoms with van der Waals surface area (Å²) in [4.78, 5) is 12.2. The second-order valence-electron chi connectivity index (χ2n) is 5.02. The fourth-order valence-electron chi connectivity index (χ4n) is 1.86. The maximum absolute atomic E-state index is 12.2. The fraction of sp³-hybridized carbons (Fsp3) is 0.400. The zero-order chi connectivity index (χ0) is 17.6.